The zero-order chi connectivity index (χ0) is 18.3. The van der Waals surface area contributed by atoms with Crippen molar-refractivity contribution >= 4 is 28.8 Å². The van der Waals surface area contributed by atoms with Crippen LogP contribution in [0.25, 0.3) is 5.70 Å². The van der Waals surface area contributed by atoms with E-state index in [-0.39, 0.29) is 6.61 Å². The Morgan fingerprint density at radius 1 is 1.19 bits per heavy atom. The molecule has 2 N–H and O–H groups in total. The first-order valence-electron chi connectivity index (χ1n) is 8.64. The van der Waals surface area contributed by atoms with Gasteiger partial charge in [-0.2, -0.15) is 4.99 Å². The molecular weight excluding hydrogens is 346 g/mol. The van der Waals surface area contributed by atoms with E-state index >= 15 is 0 Å². The van der Waals surface area contributed by atoms with Crippen molar-refractivity contribution in [3.8, 4) is 0 Å². The Morgan fingerprint density at radius 2 is 2.04 bits per heavy atom. The summed E-state index contributed by atoms with van der Waals surface area (Å²) in [5, 5.41) is 10.2. The first-order chi connectivity index (χ1) is 12.6. The molecule has 132 valence electrons. The molecule has 2 aromatic rings. The predicted octanol–water partition coefficient (Wildman–Crippen LogP) is 3.12. The van der Waals surface area contributed by atoms with Gasteiger partial charge in [-0.15, -0.1) is 0 Å². The summed E-state index contributed by atoms with van der Waals surface area (Å²) < 4.78 is 0. The SMILES string of the molecule is CC1=C(c2ccc(Cl)c(C)c2)N=C2C=CN(c3cccc(CO)c3)C[NH+]21. The van der Waals surface area contributed by atoms with Crippen LogP contribution in [-0.2, 0) is 6.61 Å². The number of rotatable bonds is 3. The molecule has 1 atom stereocenters. The standard InChI is InChI=1S/C21H20ClN3O/c1-14-10-17(6-7-19(14)22)21-15(2)25-13-24(9-8-20(25)23-21)18-5-3-4-16(11-18)12-26/h3-11,26H,12-13H2,1-2H3/p+1. The number of halogens is 1. The molecule has 0 saturated carbocycles. The number of quaternary nitrogens is 1. The summed E-state index contributed by atoms with van der Waals surface area (Å²) in [6, 6.07) is 14.0. The first kappa shape index (κ1) is 17.0. The van der Waals surface area contributed by atoms with Crippen LogP contribution in [0, 0.1) is 6.92 Å². The molecule has 0 aliphatic carbocycles. The molecule has 4 rings (SSSR count). The van der Waals surface area contributed by atoms with Crippen molar-refractivity contribution < 1.29 is 10.0 Å². The van der Waals surface area contributed by atoms with Gasteiger partial charge in [0.1, 0.15) is 11.4 Å². The minimum Gasteiger partial charge on any atom is -0.392 e. The summed E-state index contributed by atoms with van der Waals surface area (Å²) >= 11 is 6.16. The van der Waals surface area contributed by atoms with Gasteiger partial charge in [-0.25, -0.2) is 4.90 Å². The van der Waals surface area contributed by atoms with Crippen LogP contribution in [0.4, 0.5) is 5.69 Å². The summed E-state index contributed by atoms with van der Waals surface area (Å²) in [7, 11) is 0. The molecule has 0 saturated heterocycles. The number of nitrogens with one attached hydrogen (secondary N) is 1. The number of aliphatic hydroxyl groups excluding tert-OH is 1. The van der Waals surface area contributed by atoms with Crippen molar-refractivity contribution in [2.45, 2.75) is 20.5 Å². The van der Waals surface area contributed by atoms with Crippen LogP contribution >= 0.6 is 11.6 Å². The Kier molecular flexibility index (Phi) is 4.41. The van der Waals surface area contributed by atoms with E-state index < -0.39 is 0 Å². The van der Waals surface area contributed by atoms with Crippen LogP contribution in [0.5, 0.6) is 0 Å². The number of nitrogens with zero attached hydrogens (tertiary/aromatic N) is 2. The minimum absolute atomic E-state index is 0.0493. The van der Waals surface area contributed by atoms with Gasteiger partial charge in [-0.3, -0.25) is 4.90 Å². The summed E-state index contributed by atoms with van der Waals surface area (Å²) in [6.45, 7) is 4.96. The van der Waals surface area contributed by atoms with Crippen LogP contribution in [-0.4, -0.2) is 17.6 Å². The average molecular weight is 367 g/mol. The van der Waals surface area contributed by atoms with Gasteiger partial charge >= 0.3 is 0 Å². The van der Waals surface area contributed by atoms with Gasteiger partial charge in [-0.1, -0.05) is 29.8 Å². The van der Waals surface area contributed by atoms with E-state index in [4.69, 9.17) is 16.6 Å². The minimum atomic E-state index is 0.0493. The van der Waals surface area contributed by atoms with E-state index in [0.29, 0.717) is 0 Å². The topological polar surface area (TPSA) is 40.3 Å². The van der Waals surface area contributed by atoms with Crippen LogP contribution in [0.2, 0.25) is 5.02 Å². The number of allylic oxidation sites excluding steroid dienone is 1. The lowest BCUT2D eigenvalue weighted by Gasteiger charge is -2.28. The van der Waals surface area contributed by atoms with E-state index in [1.165, 1.54) is 10.6 Å². The highest BCUT2D eigenvalue weighted by molar-refractivity contribution is 6.31. The number of hydrogen-bond acceptors (Lipinski definition) is 3. The fourth-order valence-electron chi connectivity index (χ4n) is 3.41. The Bertz CT molecular complexity index is 961. The van der Waals surface area contributed by atoms with Gasteiger partial charge in [0.05, 0.1) is 6.61 Å². The van der Waals surface area contributed by atoms with Crippen molar-refractivity contribution in [1.82, 2.24) is 0 Å². The zero-order valence-corrected chi connectivity index (χ0v) is 15.6. The zero-order valence-electron chi connectivity index (χ0n) is 14.8. The molecule has 2 heterocycles. The number of aliphatic hydroxyl groups is 1. The highest BCUT2D eigenvalue weighted by atomic mass is 35.5. The first-order valence-corrected chi connectivity index (χ1v) is 9.02. The molecule has 0 amide bonds. The second-order valence-corrected chi connectivity index (χ2v) is 7.09. The number of anilines is 1. The van der Waals surface area contributed by atoms with Gasteiger partial charge in [0.2, 0.25) is 5.84 Å². The number of benzene rings is 2. The van der Waals surface area contributed by atoms with E-state index in [2.05, 4.69) is 36.2 Å². The quantitative estimate of drug-likeness (QED) is 0.876. The summed E-state index contributed by atoms with van der Waals surface area (Å²) in [6.07, 6.45) is 4.12. The highest BCUT2D eigenvalue weighted by Gasteiger charge is 2.33. The lowest BCUT2D eigenvalue weighted by Crippen LogP contribution is -3.13. The fraction of sp³-hybridized carbons (Fsp3) is 0.190. The molecule has 4 nitrogen and oxygen atoms in total. The molecule has 0 bridgehead atoms. The van der Waals surface area contributed by atoms with Gasteiger partial charge in [0.15, 0.2) is 6.67 Å². The van der Waals surface area contributed by atoms with Crippen LogP contribution in [0.1, 0.15) is 23.6 Å². The van der Waals surface area contributed by atoms with Crippen molar-refractivity contribution in [2.75, 3.05) is 11.6 Å². The normalized spacial score (nSPS) is 19.0. The Labute approximate surface area is 158 Å². The van der Waals surface area contributed by atoms with Crippen LogP contribution < -0.4 is 9.80 Å². The largest absolute Gasteiger partial charge is 0.392 e. The molecule has 0 fully saturated rings. The smallest absolute Gasteiger partial charge is 0.234 e. The molecule has 0 aromatic heterocycles. The second kappa shape index (κ2) is 6.72. The van der Waals surface area contributed by atoms with Crippen molar-refractivity contribution in [1.29, 1.82) is 0 Å². The Balaban J connectivity index is 1.65. The van der Waals surface area contributed by atoms with Gasteiger partial charge in [0, 0.05) is 35.5 Å². The molecule has 2 aliphatic heterocycles. The number of aryl methyl sites for hydroxylation is 1. The summed E-state index contributed by atoms with van der Waals surface area (Å²) in [5.41, 5.74) is 6.36. The molecule has 5 heteroatoms. The molecule has 2 aromatic carbocycles. The lowest BCUT2D eigenvalue weighted by atomic mass is 10.1. The predicted molar refractivity (Wildman–Crippen MR) is 106 cm³/mol. The molecule has 0 spiro atoms. The maximum atomic E-state index is 9.38. The Hall–Kier alpha value is -2.40. The molecule has 2 aliphatic rings. The average Bonchev–Trinajstić information content (AvgIpc) is 3.00. The molecular formula is C21H21ClN3O+. The monoisotopic (exact) mass is 366 g/mol. The maximum absolute atomic E-state index is 9.38. The van der Waals surface area contributed by atoms with Gasteiger partial charge in [-0.05, 0) is 42.3 Å². The Morgan fingerprint density at radius 3 is 2.81 bits per heavy atom. The summed E-state index contributed by atoms with van der Waals surface area (Å²) in [4.78, 5) is 8.28. The fourth-order valence-corrected chi connectivity index (χ4v) is 3.53. The third kappa shape index (κ3) is 2.97. The number of fused-ring (bicyclic) bond motifs is 1. The molecule has 0 radical (unpaired) electrons. The van der Waals surface area contributed by atoms with Crippen molar-refractivity contribution in [2.24, 2.45) is 4.99 Å². The lowest BCUT2D eigenvalue weighted by molar-refractivity contribution is -0.757. The van der Waals surface area contributed by atoms with Crippen molar-refractivity contribution in [3.63, 3.8) is 0 Å². The molecule has 1 unspecified atom stereocenters. The van der Waals surface area contributed by atoms with E-state index in [1.54, 1.807) is 0 Å². The number of aliphatic imine (C=N–C) groups is 1. The third-order valence-corrected chi connectivity index (χ3v) is 5.37. The second-order valence-electron chi connectivity index (χ2n) is 6.68. The molecule has 26 heavy (non-hydrogen) atoms. The van der Waals surface area contributed by atoms with Crippen LogP contribution in [0.3, 0.4) is 0 Å². The van der Waals surface area contributed by atoms with E-state index in [0.717, 1.165) is 45.6 Å². The van der Waals surface area contributed by atoms with Gasteiger partial charge < -0.3 is 5.11 Å². The highest BCUT2D eigenvalue weighted by Crippen LogP contribution is 2.26. The number of amidine groups is 1. The van der Waals surface area contributed by atoms with E-state index in [1.807, 2.05) is 37.3 Å². The van der Waals surface area contributed by atoms with Gasteiger partial charge in [0.25, 0.3) is 0 Å². The summed E-state index contributed by atoms with van der Waals surface area (Å²) in [5.74, 6) is 1.03. The van der Waals surface area contributed by atoms with E-state index in [9.17, 15) is 5.11 Å². The third-order valence-electron chi connectivity index (χ3n) is 4.95. The maximum Gasteiger partial charge on any atom is 0.234 e. The van der Waals surface area contributed by atoms with Crippen LogP contribution in [0.15, 0.2) is 65.4 Å². The van der Waals surface area contributed by atoms with Crippen molar-refractivity contribution in [3.05, 3.63) is 82.2 Å². The number of hydrogen-bond donors (Lipinski definition) is 2.